The van der Waals surface area contributed by atoms with Crippen LogP contribution in [0, 0.1) is 6.92 Å². The van der Waals surface area contributed by atoms with Crippen LogP contribution in [-0.2, 0) is 0 Å². The number of rotatable bonds is 8. The molecule has 0 saturated heterocycles. The number of unbranched alkanes of at least 4 members (excludes halogenated alkanes) is 1. The van der Waals surface area contributed by atoms with Gasteiger partial charge in [0, 0.05) is 11.4 Å². The molecular weight excluding hydrogens is 366 g/mol. The van der Waals surface area contributed by atoms with Crippen molar-refractivity contribution in [2.24, 2.45) is 0 Å². The first-order valence-corrected chi connectivity index (χ1v) is 9.61. The normalized spacial score (nSPS) is 10.4. The quantitative estimate of drug-likeness (QED) is 0.516. The van der Waals surface area contributed by atoms with Gasteiger partial charge in [-0.1, -0.05) is 25.5 Å². The largest absolute Gasteiger partial charge is 0.490 e. The topological polar surface area (TPSA) is 86.5 Å². The molecule has 0 aliphatic rings. The number of carbonyl (C=O) groups excluding carboxylic acids is 1. The van der Waals surface area contributed by atoms with Crippen LogP contribution in [0.2, 0.25) is 0 Å². The van der Waals surface area contributed by atoms with Gasteiger partial charge in [-0.2, -0.15) is 0 Å². The number of aryl methyl sites for hydroxylation is 1. The van der Waals surface area contributed by atoms with Gasteiger partial charge < -0.3 is 20.5 Å². The van der Waals surface area contributed by atoms with Crippen molar-refractivity contribution in [2.45, 2.75) is 26.7 Å². The second-order valence-corrected chi connectivity index (χ2v) is 6.61. The summed E-state index contributed by atoms with van der Waals surface area (Å²) < 4.78 is 11.7. The number of nitrogens with two attached hydrogens (primary N) is 1. The number of para-hydroxylation sites is 2. The van der Waals surface area contributed by atoms with Gasteiger partial charge in [0.05, 0.1) is 12.2 Å². The summed E-state index contributed by atoms with van der Waals surface area (Å²) in [5.74, 6) is 1.91. The molecule has 6 nitrogen and oxygen atoms in total. The maximum Gasteiger partial charge on any atom is 0.259 e. The molecule has 0 unspecified atom stereocenters. The molecule has 3 rings (SSSR count). The number of pyridine rings is 1. The molecule has 0 spiro atoms. The number of aromatic nitrogens is 1. The Hall–Kier alpha value is -3.54. The second kappa shape index (κ2) is 9.59. The molecule has 0 radical (unpaired) electrons. The molecule has 0 atom stereocenters. The minimum atomic E-state index is -0.307. The average Bonchev–Trinajstić information content (AvgIpc) is 2.71. The third-order valence-corrected chi connectivity index (χ3v) is 4.25. The second-order valence-electron chi connectivity index (χ2n) is 6.61. The monoisotopic (exact) mass is 391 g/mol. The van der Waals surface area contributed by atoms with E-state index >= 15 is 0 Å². The smallest absolute Gasteiger partial charge is 0.259 e. The van der Waals surface area contributed by atoms with Crippen molar-refractivity contribution < 1.29 is 14.3 Å². The summed E-state index contributed by atoms with van der Waals surface area (Å²) >= 11 is 0. The fraction of sp³-hybridized carbons (Fsp3) is 0.217. The number of nitrogens with one attached hydrogen (secondary N) is 1. The average molecular weight is 391 g/mol. The number of amides is 1. The number of hydrogen-bond donors (Lipinski definition) is 2. The van der Waals surface area contributed by atoms with Crippen LogP contribution in [-0.4, -0.2) is 17.5 Å². The number of nitrogens with zero attached hydrogens (tertiary/aromatic N) is 1. The van der Waals surface area contributed by atoms with Crippen molar-refractivity contribution in [3.8, 4) is 17.2 Å². The van der Waals surface area contributed by atoms with E-state index in [1.807, 2.05) is 31.2 Å². The first-order chi connectivity index (χ1) is 14.1. The number of nitrogen functional groups attached to an aromatic ring is 1. The van der Waals surface area contributed by atoms with Gasteiger partial charge in [-0.25, -0.2) is 4.98 Å². The molecule has 0 saturated carbocycles. The number of anilines is 2. The first-order valence-electron chi connectivity index (χ1n) is 9.61. The van der Waals surface area contributed by atoms with Crippen LogP contribution in [0.15, 0.2) is 60.7 Å². The predicted octanol–water partition coefficient (Wildman–Crippen LogP) is 5.20. The fourth-order valence-corrected chi connectivity index (χ4v) is 2.68. The third kappa shape index (κ3) is 5.48. The number of ether oxygens (including phenoxy) is 2. The molecule has 6 heteroatoms. The molecule has 3 aromatic rings. The fourth-order valence-electron chi connectivity index (χ4n) is 2.68. The van der Waals surface area contributed by atoms with Crippen LogP contribution in [0.3, 0.4) is 0 Å². The lowest BCUT2D eigenvalue weighted by molar-refractivity contribution is 0.102. The van der Waals surface area contributed by atoms with Crippen LogP contribution < -0.4 is 20.5 Å². The summed E-state index contributed by atoms with van der Waals surface area (Å²) in [6.07, 6.45) is 2.06. The van der Waals surface area contributed by atoms with Gasteiger partial charge in [-0.3, -0.25) is 4.79 Å². The van der Waals surface area contributed by atoms with Crippen LogP contribution in [0.25, 0.3) is 0 Å². The predicted molar refractivity (Wildman–Crippen MR) is 115 cm³/mol. The zero-order valence-corrected chi connectivity index (χ0v) is 16.6. The lowest BCUT2D eigenvalue weighted by Crippen LogP contribution is -2.15. The van der Waals surface area contributed by atoms with E-state index in [1.54, 1.807) is 36.4 Å². The van der Waals surface area contributed by atoms with Gasteiger partial charge in [0.15, 0.2) is 11.5 Å². The van der Waals surface area contributed by atoms with E-state index in [9.17, 15) is 4.79 Å². The molecule has 0 aliphatic carbocycles. The summed E-state index contributed by atoms with van der Waals surface area (Å²) in [6, 6.07) is 18.1. The van der Waals surface area contributed by atoms with E-state index in [-0.39, 0.29) is 11.7 Å². The highest BCUT2D eigenvalue weighted by molar-refractivity contribution is 6.07. The van der Waals surface area contributed by atoms with E-state index in [2.05, 4.69) is 17.2 Å². The molecule has 29 heavy (non-hydrogen) atoms. The Labute approximate surface area is 170 Å². The Morgan fingerprint density at radius 1 is 1.03 bits per heavy atom. The van der Waals surface area contributed by atoms with E-state index in [1.165, 1.54) is 0 Å². The maximum atomic E-state index is 12.4. The van der Waals surface area contributed by atoms with Crippen molar-refractivity contribution >= 4 is 17.4 Å². The standard InChI is InChI=1S/C23H25N3O3/c1-3-4-15-28-20-7-5-6-8-21(20)29-18-12-10-17(11-13-18)26-23(27)19-14-9-16(2)25-22(19)24/h5-14H,3-4,15H2,1-2H3,(H2,24,25)(H,26,27). The molecule has 1 amide bonds. The summed E-state index contributed by atoms with van der Waals surface area (Å²) in [4.78, 5) is 16.5. The Morgan fingerprint density at radius 2 is 1.76 bits per heavy atom. The van der Waals surface area contributed by atoms with E-state index in [4.69, 9.17) is 15.2 Å². The lowest BCUT2D eigenvalue weighted by Gasteiger charge is -2.13. The number of benzene rings is 2. The lowest BCUT2D eigenvalue weighted by atomic mass is 10.2. The summed E-state index contributed by atoms with van der Waals surface area (Å²) in [5.41, 5.74) is 7.58. The highest BCUT2D eigenvalue weighted by Crippen LogP contribution is 2.32. The minimum Gasteiger partial charge on any atom is -0.490 e. The SMILES string of the molecule is CCCCOc1ccccc1Oc1ccc(NC(=O)c2ccc(C)nc2N)cc1. The summed E-state index contributed by atoms with van der Waals surface area (Å²) in [7, 11) is 0. The Kier molecular flexibility index (Phi) is 6.68. The van der Waals surface area contributed by atoms with Crippen LogP contribution in [0.5, 0.6) is 17.2 Å². The molecule has 1 aromatic heterocycles. The Bertz CT molecular complexity index is 971. The van der Waals surface area contributed by atoms with E-state index in [0.29, 0.717) is 35.1 Å². The molecule has 0 aliphatic heterocycles. The number of carbonyl (C=O) groups is 1. The van der Waals surface area contributed by atoms with Gasteiger partial charge in [0.2, 0.25) is 0 Å². The van der Waals surface area contributed by atoms with Crippen LogP contribution >= 0.6 is 0 Å². The van der Waals surface area contributed by atoms with E-state index in [0.717, 1.165) is 18.5 Å². The van der Waals surface area contributed by atoms with Crippen molar-refractivity contribution in [1.29, 1.82) is 0 Å². The molecule has 2 aromatic carbocycles. The van der Waals surface area contributed by atoms with Crippen LogP contribution in [0.1, 0.15) is 35.8 Å². The molecule has 0 bridgehead atoms. The minimum absolute atomic E-state index is 0.210. The van der Waals surface area contributed by atoms with Crippen molar-refractivity contribution in [3.63, 3.8) is 0 Å². The van der Waals surface area contributed by atoms with Gasteiger partial charge in [0.25, 0.3) is 5.91 Å². The molecule has 150 valence electrons. The van der Waals surface area contributed by atoms with Crippen molar-refractivity contribution in [1.82, 2.24) is 4.98 Å². The third-order valence-electron chi connectivity index (χ3n) is 4.25. The Balaban J connectivity index is 1.66. The molecule has 1 heterocycles. The summed E-state index contributed by atoms with van der Waals surface area (Å²) in [6.45, 7) is 4.60. The zero-order valence-electron chi connectivity index (χ0n) is 16.6. The zero-order chi connectivity index (χ0) is 20.6. The number of hydrogen-bond acceptors (Lipinski definition) is 5. The van der Waals surface area contributed by atoms with Gasteiger partial charge in [-0.15, -0.1) is 0 Å². The molecular formula is C23H25N3O3. The highest BCUT2D eigenvalue weighted by atomic mass is 16.5. The van der Waals surface area contributed by atoms with Gasteiger partial charge >= 0.3 is 0 Å². The molecule has 3 N–H and O–H groups in total. The van der Waals surface area contributed by atoms with Gasteiger partial charge in [0.1, 0.15) is 11.6 Å². The first kappa shape index (κ1) is 20.2. The van der Waals surface area contributed by atoms with Crippen molar-refractivity contribution in [3.05, 3.63) is 71.9 Å². The van der Waals surface area contributed by atoms with E-state index < -0.39 is 0 Å². The van der Waals surface area contributed by atoms with Crippen LogP contribution in [0.4, 0.5) is 11.5 Å². The molecule has 0 fully saturated rings. The Morgan fingerprint density at radius 3 is 2.45 bits per heavy atom. The van der Waals surface area contributed by atoms with Crippen molar-refractivity contribution in [2.75, 3.05) is 17.7 Å². The van der Waals surface area contributed by atoms with Gasteiger partial charge in [-0.05, 0) is 61.9 Å². The highest BCUT2D eigenvalue weighted by Gasteiger charge is 2.11. The summed E-state index contributed by atoms with van der Waals surface area (Å²) in [5, 5.41) is 2.82. The maximum absolute atomic E-state index is 12.4.